The predicted molar refractivity (Wildman–Crippen MR) is 84.4 cm³/mol. The Morgan fingerprint density at radius 3 is 2.73 bits per heavy atom. The lowest BCUT2D eigenvalue weighted by Gasteiger charge is -2.46. The molecule has 0 aromatic rings. The van der Waals surface area contributed by atoms with Crippen molar-refractivity contribution in [3.8, 4) is 0 Å². The van der Waals surface area contributed by atoms with Gasteiger partial charge in [0.15, 0.2) is 5.78 Å². The first-order valence-corrected chi connectivity index (χ1v) is 10.2. The lowest BCUT2D eigenvalue weighted by Crippen LogP contribution is -2.55. The van der Waals surface area contributed by atoms with E-state index in [-0.39, 0.29) is 23.6 Å². The van der Waals surface area contributed by atoms with Gasteiger partial charge in [0.1, 0.15) is 15.4 Å². The molecule has 6 heteroatoms. The Balaban J connectivity index is 1.96. The zero-order chi connectivity index (χ0) is 16.6. The van der Waals surface area contributed by atoms with Crippen molar-refractivity contribution in [2.45, 2.75) is 64.1 Å². The summed E-state index contributed by atoms with van der Waals surface area (Å²) in [6.07, 6.45) is 5.08. The van der Waals surface area contributed by atoms with Gasteiger partial charge in [-0.15, -0.1) is 0 Å². The molecule has 128 valence electrons. The van der Waals surface area contributed by atoms with Crippen LogP contribution in [0.15, 0.2) is 0 Å². The second-order valence-corrected chi connectivity index (χ2v) is 9.52. The van der Waals surface area contributed by atoms with E-state index in [1.807, 2.05) is 13.8 Å². The molecule has 22 heavy (non-hydrogen) atoms. The molecule has 4 atom stereocenters. The maximum absolute atomic E-state index is 12.2. The molecule has 5 nitrogen and oxygen atoms in total. The molecule has 2 saturated carbocycles. The molecule has 2 fully saturated rings. The van der Waals surface area contributed by atoms with Crippen molar-refractivity contribution in [1.82, 2.24) is 0 Å². The average molecular weight is 332 g/mol. The van der Waals surface area contributed by atoms with Crippen molar-refractivity contribution < 1.29 is 23.1 Å². The van der Waals surface area contributed by atoms with Crippen LogP contribution in [-0.4, -0.2) is 49.6 Å². The van der Waals surface area contributed by atoms with E-state index in [0.29, 0.717) is 25.9 Å². The Kier molecular flexibility index (Phi) is 5.05. The molecule has 2 rings (SSSR count). The lowest BCUT2D eigenvalue weighted by atomic mass is 9.61. The highest BCUT2D eigenvalue weighted by Crippen LogP contribution is 2.57. The van der Waals surface area contributed by atoms with Crippen LogP contribution in [0.5, 0.6) is 0 Å². The van der Waals surface area contributed by atoms with E-state index in [2.05, 4.69) is 0 Å². The van der Waals surface area contributed by atoms with E-state index < -0.39 is 20.9 Å². The molecule has 0 amide bonds. The molecule has 0 unspecified atom stereocenters. The van der Waals surface area contributed by atoms with Crippen LogP contribution >= 0.6 is 0 Å². The summed E-state index contributed by atoms with van der Waals surface area (Å²) in [6, 6.07) is 0. The maximum Gasteiger partial charge on any atom is 0.164 e. The number of carbonyl (C=O) groups is 1. The number of aliphatic hydroxyl groups is 1. The largest absolute Gasteiger partial charge is 0.381 e. The molecule has 0 aromatic heterocycles. The molecular formula is C16H28O5S. The number of ketones is 1. The summed E-state index contributed by atoms with van der Waals surface area (Å²) in [5.74, 6) is 0.248. The van der Waals surface area contributed by atoms with Gasteiger partial charge in [-0.3, -0.25) is 4.79 Å². The predicted octanol–water partition coefficient (Wildman–Crippen LogP) is 1.73. The third-order valence-electron chi connectivity index (χ3n) is 5.75. The Labute approximate surface area is 133 Å². The van der Waals surface area contributed by atoms with E-state index in [9.17, 15) is 18.3 Å². The zero-order valence-corrected chi connectivity index (χ0v) is 14.6. The van der Waals surface area contributed by atoms with Gasteiger partial charge in [-0.1, -0.05) is 6.92 Å². The van der Waals surface area contributed by atoms with E-state index in [4.69, 9.17) is 4.74 Å². The van der Waals surface area contributed by atoms with Gasteiger partial charge in [0.2, 0.25) is 0 Å². The van der Waals surface area contributed by atoms with Crippen molar-refractivity contribution in [2.24, 2.45) is 11.3 Å². The average Bonchev–Trinajstić information content (AvgIpc) is 2.68. The van der Waals surface area contributed by atoms with Gasteiger partial charge in [-0.05, 0) is 44.9 Å². The van der Waals surface area contributed by atoms with E-state index in [1.54, 1.807) is 0 Å². The van der Waals surface area contributed by atoms with Crippen molar-refractivity contribution in [3.05, 3.63) is 0 Å². The molecule has 0 saturated heterocycles. The summed E-state index contributed by atoms with van der Waals surface area (Å²) < 4.78 is 28.1. The molecule has 0 radical (unpaired) electrons. The Morgan fingerprint density at radius 1 is 1.41 bits per heavy atom. The molecule has 0 bridgehead atoms. The van der Waals surface area contributed by atoms with Gasteiger partial charge in [0, 0.05) is 24.7 Å². The summed E-state index contributed by atoms with van der Waals surface area (Å²) >= 11 is 0. The topological polar surface area (TPSA) is 80.7 Å². The van der Waals surface area contributed by atoms with Gasteiger partial charge < -0.3 is 9.84 Å². The summed E-state index contributed by atoms with van der Waals surface area (Å²) in [5, 5.41) is 10.9. The number of Topliss-reactive ketones (excluding diaryl/α,β-unsaturated/α-hetero) is 1. The number of sulfone groups is 1. The fourth-order valence-corrected chi connectivity index (χ4v) is 5.05. The highest BCUT2D eigenvalue weighted by molar-refractivity contribution is 7.90. The van der Waals surface area contributed by atoms with Crippen LogP contribution in [0.1, 0.15) is 52.4 Å². The first-order chi connectivity index (χ1) is 10.1. The third kappa shape index (κ3) is 3.24. The highest BCUT2D eigenvalue weighted by Gasteiger charge is 2.62. The smallest absolute Gasteiger partial charge is 0.164 e. The third-order valence-corrected chi connectivity index (χ3v) is 6.78. The molecular weight excluding hydrogens is 304 g/mol. The standard InChI is InChI=1S/C16H28O5S/c1-12(21-10-5-11-22(3,19)20)13-7-9-16(18)14(17)6-4-8-15(13,16)2/h12-13,18H,4-11H2,1-3H3/t12-,13-,15-,16-/m1/s1. The number of fused-ring (bicyclic) bond motifs is 1. The summed E-state index contributed by atoms with van der Waals surface area (Å²) in [6.45, 7) is 4.38. The number of rotatable bonds is 6. The zero-order valence-electron chi connectivity index (χ0n) is 13.8. The van der Waals surface area contributed by atoms with Crippen LogP contribution in [0.2, 0.25) is 0 Å². The van der Waals surface area contributed by atoms with Crippen LogP contribution in [0.25, 0.3) is 0 Å². The Bertz CT molecular complexity index is 529. The Morgan fingerprint density at radius 2 is 2.09 bits per heavy atom. The second kappa shape index (κ2) is 6.21. The Hall–Kier alpha value is -0.460. The lowest BCUT2D eigenvalue weighted by molar-refractivity contribution is -0.162. The van der Waals surface area contributed by atoms with E-state index in [0.717, 1.165) is 19.3 Å². The SMILES string of the molecule is C[C@@H](OCCCS(C)(=O)=O)[C@H]1CC[C@@]2(O)C(=O)CCC[C@]12C. The minimum Gasteiger partial charge on any atom is -0.381 e. The minimum atomic E-state index is -2.95. The molecule has 2 aliphatic carbocycles. The summed E-state index contributed by atoms with van der Waals surface area (Å²) in [5.41, 5.74) is -1.61. The second-order valence-electron chi connectivity index (χ2n) is 7.26. The number of hydrogen-bond acceptors (Lipinski definition) is 5. The van der Waals surface area contributed by atoms with Gasteiger partial charge in [-0.2, -0.15) is 0 Å². The van der Waals surface area contributed by atoms with Gasteiger partial charge >= 0.3 is 0 Å². The van der Waals surface area contributed by atoms with Crippen molar-refractivity contribution >= 4 is 15.6 Å². The molecule has 0 heterocycles. The molecule has 2 aliphatic rings. The molecule has 0 aliphatic heterocycles. The van der Waals surface area contributed by atoms with Crippen molar-refractivity contribution in [1.29, 1.82) is 0 Å². The van der Waals surface area contributed by atoms with Crippen molar-refractivity contribution in [2.75, 3.05) is 18.6 Å². The molecule has 1 N–H and O–H groups in total. The molecule has 0 spiro atoms. The maximum atomic E-state index is 12.2. The van der Waals surface area contributed by atoms with E-state index in [1.165, 1.54) is 6.26 Å². The van der Waals surface area contributed by atoms with Gasteiger partial charge in [0.05, 0.1) is 11.9 Å². The fraction of sp³-hybridized carbons (Fsp3) is 0.938. The summed E-state index contributed by atoms with van der Waals surface area (Å²) in [4.78, 5) is 12.2. The first kappa shape index (κ1) is 17.9. The van der Waals surface area contributed by atoms with Crippen LogP contribution in [-0.2, 0) is 19.4 Å². The first-order valence-electron chi connectivity index (χ1n) is 8.15. The van der Waals surface area contributed by atoms with Crippen molar-refractivity contribution in [3.63, 3.8) is 0 Å². The number of ether oxygens (including phenoxy) is 1. The fourth-order valence-electron chi connectivity index (χ4n) is 4.41. The van der Waals surface area contributed by atoms with Crippen LogP contribution in [0.4, 0.5) is 0 Å². The van der Waals surface area contributed by atoms with Crippen LogP contribution in [0, 0.1) is 11.3 Å². The van der Waals surface area contributed by atoms with Gasteiger partial charge in [-0.25, -0.2) is 8.42 Å². The highest BCUT2D eigenvalue weighted by atomic mass is 32.2. The molecule has 0 aromatic carbocycles. The van der Waals surface area contributed by atoms with Crippen LogP contribution < -0.4 is 0 Å². The normalized spacial score (nSPS) is 37.1. The number of hydrogen-bond donors (Lipinski definition) is 1. The van der Waals surface area contributed by atoms with Crippen LogP contribution in [0.3, 0.4) is 0 Å². The monoisotopic (exact) mass is 332 g/mol. The van der Waals surface area contributed by atoms with Gasteiger partial charge in [0.25, 0.3) is 0 Å². The number of carbonyl (C=O) groups excluding carboxylic acids is 1. The summed E-state index contributed by atoms with van der Waals surface area (Å²) in [7, 11) is -2.95. The van der Waals surface area contributed by atoms with E-state index >= 15 is 0 Å². The quantitative estimate of drug-likeness (QED) is 0.749. The minimum absolute atomic E-state index is 0.0203.